The first-order valence-electron chi connectivity index (χ1n) is 5.99. The highest BCUT2D eigenvalue weighted by molar-refractivity contribution is 8.13. The van der Waals surface area contributed by atoms with Crippen LogP contribution in [0.25, 0.3) is 0 Å². The van der Waals surface area contributed by atoms with Crippen LogP contribution in [0.2, 0.25) is 0 Å². The highest BCUT2D eigenvalue weighted by Gasteiger charge is 2.22. The zero-order valence-corrected chi connectivity index (χ0v) is 12.8. The molecule has 0 aliphatic heterocycles. The van der Waals surface area contributed by atoms with Gasteiger partial charge in [-0.1, -0.05) is 0 Å². The summed E-state index contributed by atoms with van der Waals surface area (Å²) >= 11 is 0. The molecular formula is C12H15ClF2O5S. The van der Waals surface area contributed by atoms with Gasteiger partial charge in [0.15, 0.2) is 11.6 Å². The number of ether oxygens (including phenoxy) is 3. The molecule has 21 heavy (non-hydrogen) atoms. The maximum atomic E-state index is 13.6. The van der Waals surface area contributed by atoms with Crippen LogP contribution in [-0.2, 0) is 18.5 Å². The Bertz CT molecular complexity index is 565. The minimum absolute atomic E-state index is 0.102. The number of rotatable bonds is 9. The van der Waals surface area contributed by atoms with Crippen LogP contribution in [0.1, 0.15) is 6.42 Å². The maximum absolute atomic E-state index is 13.6. The highest BCUT2D eigenvalue weighted by atomic mass is 35.7. The van der Waals surface area contributed by atoms with Crippen LogP contribution in [0.4, 0.5) is 8.78 Å². The largest absolute Gasteiger partial charge is 0.487 e. The van der Waals surface area contributed by atoms with Crippen molar-refractivity contribution < 1.29 is 31.4 Å². The Morgan fingerprint density at radius 1 is 1.14 bits per heavy atom. The Morgan fingerprint density at radius 3 is 2.48 bits per heavy atom. The van der Waals surface area contributed by atoms with Crippen molar-refractivity contribution in [2.75, 3.05) is 33.5 Å². The third-order valence-corrected chi connectivity index (χ3v) is 3.68. The van der Waals surface area contributed by atoms with Gasteiger partial charge in [-0.2, -0.15) is 0 Å². The van der Waals surface area contributed by atoms with E-state index in [0.29, 0.717) is 31.8 Å². The summed E-state index contributed by atoms with van der Waals surface area (Å²) in [7, 11) is 2.36. The summed E-state index contributed by atoms with van der Waals surface area (Å²) in [6, 6.07) is 1.11. The van der Waals surface area contributed by atoms with Crippen LogP contribution >= 0.6 is 10.7 Å². The Hall–Kier alpha value is -0.960. The van der Waals surface area contributed by atoms with Gasteiger partial charge in [0.2, 0.25) is 0 Å². The molecule has 0 heterocycles. The monoisotopic (exact) mass is 344 g/mol. The minimum atomic E-state index is -4.32. The van der Waals surface area contributed by atoms with E-state index in [4.69, 9.17) is 24.9 Å². The van der Waals surface area contributed by atoms with Crippen molar-refractivity contribution >= 4 is 19.7 Å². The second-order valence-electron chi connectivity index (χ2n) is 3.96. The van der Waals surface area contributed by atoms with E-state index in [1.54, 1.807) is 7.11 Å². The van der Waals surface area contributed by atoms with Crippen molar-refractivity contribution in [3.05, 3.63) is 23.8 Å². The number of hydrogen-bond donors (Lipinski definition) is 0. The number of halogens is 3. The number of benzene rings is 1. The lowest BCUT2D eigenvalue weighted by molar-refractivity contribution is 0.0789. The highest BCUT2D eigenvalue weighted by Crippen LogP contribution is 2.30. The van der Waals surface area contributed by atoms with E-state index < -0.39 is 31.3 Å². The molecule has 0 spiro atoms. The van der Waals surface area contributed by atoms with Crippen molar-refractivity contribution in [3.8, 4) is 5.75 Å². The lowest BCUT2D eigenvalue weighted by Gasteiger charge is -2.11. The summed E-state index contributed by atoms with van der Waals surface area (Å²) in [4.78, 5) is -0.749. The molecule has 9 heteroatoms. The Morgan fingerprint density at radius 2 is 1.86 bits per heavy atom. The molecule has 0 unspecified atom stereocenters. The van der Waals surface area contributed by atoms with Crippen LogP contribution in [0.15, 0.2) is 17.0 Å². The lowest BCUT2D eigenvalue weighted by atomic mass is 10.3. The van der Waals surface area contributed by atoms with Crippen LogP contribution in [0, 0.1) is 11.6 Å². The first-order valence-corrected chi connectivity index (χ1v) is 8.30. The average molecular weight is 345 g/mol. The molecule has 0 saturated heterocycles. The van der Waals surface area contributed by atoms with E-state index in [0.717, 1.165) is 0 Å². The fourth-order valence-corrected chi connectivity index (χ4v) is 2.44. The van der Waals surface area contributed by atoms with Crippen LogP contribution in [0.5, 0.6) is 5.75 Å². The summed E-state index contributed by atoms with van der Waals surface area (Å²) in [5.74, 6) is -2.82. The molecule has 0 bridgehead atoms. The summed E-state index contributed by atoms with van der Waals surface area (Å²) in [6.45, 7) is 0.975. The fourth-order valence-electron chi connectivity index (χ4n) is 1.47. The van der Waals surface area contributed by atoms with Crippen molar-refractivity contribution in [1.82, 2.24) is 0 Å². The van der Waals surface area contributed by atoms with E-state index in [9.17, 15) is 17.2 Å². The van der Waals surface area contributed by atoms with E-state index in [1.165, 1.54) is 0 Å². The van der Waals surface area contributed by atoms with E-state index in [-0.39, 0.29) is 13.2 Å². The number of hydrogen-bond acceptors (Lipinski definition) is 5. The first kappa shape index (κ1) is 18.1. The third-order valence-electron chi connectivity index (χ3n) is 2.35. The molecule has 5 nitrogen and oxygen atoms in total. The average Bonchev–Trinajstić information content (AvgIpc) is 2.38. The van der Waals surface area contributed by atoms with E-state index in [2.05, 4.69) is 0 Å². The molecule has 0 fully saturated rings. The molecule has 120 valence electrons. The van der Waals surface area contributed by atoms with Crippen LogP contribution in [0.3, 0.4) is 0 Å². The molecule has 1 aromatic carbocycles. The Labute approximate surface area is 126 Å². The van der Waals surface area contributed by atoms with E-state index in [1.807, 2.05) is 0 Å². The summed E-state index contributed by atoms with van der Waals surface area (Å²) in [5, 5.41) is 0. The second-order valence-corrected chi connectivity index (χ2v) is 6.49. The number of methoxy groups -OCH3 is 1. The minimum Gasteiger partial charge on any atom is -0.487 e. The van der Waals surface area contributed by atoms with Crippen LogP contribution < -0.4 is 4.74 Å². The van der Waals surface area contributed by atoms with E-state index >= 15 is 0 Å². The smallest absolute Gasteiger partial charge is 0.265 e. The van der Waals surface area contributed by atoms with Gasteiger partial charge in [-0.05, 0) is 12.5 Å². The molecule has 0 saturated carbocycles. The van der Waals surface area contributed by atoms with Gasteiger partial charge in [0.25, 0.3) is 9.05 Å². The Kier molecular flexibility index (Phi) is 7.30. The molecule has 0 N–H and O–H groups in total. The molecule has 1 rings (SSSR count). The zero-order valence-electron chi connectivity index (χ0n) is 11.3. The molecule has 0 radical (unpaired) electrons. The van der Waals surface area contributed by atoms with Crippen molar-refractivity contribution in [2.45, 2.75) is 11.3 Å². The first-order chi connectivity index (χ1) is 9.86. The molecule has 0 aromatic heterocycles. The van der Waals surface area contributed by atoms with Gasteiger partial charge in [0.1, 0.15) is 17.3 Å². The predicted molar refractivity (Wildman–Crippen MR) is 72.2 cm³/mol. The van der Waals surface area contributed by atoms with Crippen molar-refractivity contribution in [3.63, 3.8) is 0 Å². The summed E-state index contributed by atoms with van der Waals surface area (Å²) in [6.07, 6.45) is 0.683. The zero-order chi connectivity index (χ0) is 15.9. The lowest BCUT2D eigenvalue weighted by Crippen LogP contribution is -2.11. The summed E-state index contributed by atoms with van der Waals surface area (Å²) in [5.41, 5.74) is 0. The fraction of sp³-hybridized carbons (Fsp3) is 0.500. The molecule has 0 amide bonds. The van der Waals surface area contributed by atoms with Gasteiger partial charge in [-0.25, -0.2) is 17.2 Å². The van der Waals surface area contributed by atoms with Gasteiger partial charge in [0.05, 0.1) is 6.61 Å². The topological polar surface area (TPSA) is 61.8 Å². The normalized spacial score (nSPS) is 11.6. The molecule has 0 aliphatic carbocycles. The predicted octanol–water partition coefficient (Wildman–Crippen LogP) is 2.32. The standard InChI is InChI=1S/C12H15ClF2O5S/c1-18-3-2-4-19-5-6-20-12-10(15)7-9(14)8-11(12)21(13,16)17/h7-8H,2-6H2,1H3. The molecule has 0 aliphatic rings. The molecule has 0 atom stereocenters. The summed E-state index contributed by atoms with van der Waals surface area (Å²) < 4.78 is 64.1. The van der Waals surface area contributed by atoms with Gasteiger partial charge in [-0.15, -0.1) is 0 Å². The molecule has 1 aromatic rings. The van der Waals surface area contributed by atoms with Gasteiger partial charge in [0, 0.05) is 37.1 Å². The molecular weight excluding hydrogens is 330 g/mol. The SMILES string of the molecule is COCCCOCCOc1c(F)cc(F)cc1S(=O)(=O)Cl. The third kappa shape index (κ3) is 6.13. The van der Waals surface area contributed by atoms with Gasteiger partial charge >= 0.3 is 0 Å². The maximum Gasteiger partial charge on any atom is 0.265 e. The van der Waals surface area contributed by atoms with Crippen molar-refractivity contribution in [1.29, 1.82) is 0 Å². The van der Waals surface area contributed by atoms with Gasteiger partial charge < -0.3 is 14.2 Å². The second kappa shape index (κ2) is 8.47. The van der Waals surface area contributed by atoms with Crippen molar-refractivity contribution in [2.24, 2.45) is 0 Å². The van der Waals surface area contributed by atoms with Gasteiger partial charge in [-0.3, -0.25) is 0 Å². The Balaban J connectivity index is 2.63. The quantitative estimate of drug-likeness (QED) is 0.508. The van der Waals surface area contributed by atoms with Crippen LogP contribution in [-0.4, -0.2) is 42.0 Å².